The van der Waals surface area contributed by atoms with Crippen LogP contribution in [0.1, 0.15) is 35.6 Å². The van der Waals surface area contributed by atoms with E-state index in [2.05, 4.69) is 0 Å². The van der Waals surface area contributed by atoms with Gasteiger partial charge < -0.3 is 18.3 Å². The molecule has 196 valence electrons. The molecule has 1 saturated heterocycles. The van der Waals surface area contributed by atoms with Crippen molar-refractivity contribution >= 4 is 27.8 Å². The molecule has 0 aliphatic carbocycles. The maximum atomic E-state index is 13.3. The van der Waals surface area contributed by atoms with Crippen LogP contribution >= 0.6 is 0 Å². The van der Waals surface area contributed by atoms with Crippen LogP contribution in [-0.4, -0.2) is 28.5 Å². The Morgan fingerprint density at radius 3 is 2.64 bits per heavy atom. The minimum Gasteiger partial charge on any atom is -0.464 e. The van der Waals surface area contributed by atoms with Crippen molar-refractivity contribution in [1.29, 1.82) is 0 Å². The molecular formula is C32H28N2O5. The Kier molecular flexibility index (Phi) is 5.54. The fourth-order valence-electron chi connectivity index (χ4n) is 6.53. The molecule has 3 aromatic heterocycles. The largest absolute Gasteiger partial charge is 0.464 e. The number of likely N-dealkylation sites (tertiary alicyclic amines) is 1. The smallest absolute Gasteiger partial charge is 0.339 e. The normalized spacial score (nSPS) is 18.4. The van der Waals surface area contributed by atoms with Crippen molar-refractivity contribution in [3.05, 3.63) is 105 Å². The Hall–Kier alpha value is -4.39. The van der Waals surface area contributed by atoms with Gasteiger partial charge in [-0.1, -0.05) is 36.4 Å². The highest BCUT2D eigenvalue weighted by Gasteiger charge is 2.36. The molecule has 2 bridgehead atoms. The zero-order valence-corrected chi connectivity index (χ0v) is 21.7. The summed E-state index contributed by atoms with van der Waals surface area (Å²) >= 11 is 0. The number of aromatic nitrogens is 1. The van der Waals surface area contributed by atoms with E-state index in [0.717, 1.165) is 39.6 Å². The molecule has 5 aromatic rings. The summed E-state index contributed by atoms with van der Waals surface area (Å²) in [4.78, 5) is 40.5. The SMILES string of the molecule is Cc1c(CCC(=O)N2C[C@H]3C[C@@H](C2)c2cccc(=O)n2C3)c(=O)oc2cc3occ(-c4ccccc4)c3cc12. The van der Waals surface area contributed by atoms with Crippen molar-refractivity contribution < 1.29 is 13.6 Å². The predicted molar refractivity (Wildman–Crippen MR) is 149 cm³/mol. The van der Waals surface area contributed by atoms with Gasteiger partial charge in [0.1, 0.15) is 11.2 Å². The van der Waals surface area contributed by atoms with Crippen LogP contribution in [0, 0.1) is 12.8 Å². The Morgan fingerprint density at radius 2 is 1.79 bits per heavy atom. The lowest BCUT2D eigenvalue weighted by atomic mass is 9.83. The van der Waals surface area contributed by atoms with E-state index in [0.29, 0.717) is 42.8 Å². The van der Waals surface area contributed by atoms with Gasteiger partial charge in [-0.2, -0.15) is 0 Å². The maximum Gasteiger partial charge on any atom is 0.339 e. The molecule has 1 fully saturated rings. The van der Waals surface area contributed by atoms with Crippen LogP contribution in [0.3, 0.4) is 0 Å². The average Bonchev–Trinajstić information content (AvgIpc) is 3.36. The highest BCUT2D eigenvalue weighted by Crippen LogP contribution is 2.36. The second-order valence-corrected chi connectivity index (χ2v) is 10.8. The van der Waals surface area contributed by atoms with E-state index in [-0.39, 0.29) is 29.7 Å². The minimum absolute atomic E-state index is 0.0315. The predicted octanol–water partition coefficient (Wildman–Crippen LogP) is 5.25. The summed E-state index contributed by atoms with van der Waals surface area (Å²) in [6, 6.07) is 19.2. The zero-order valence-electron chi connectivity index (χ0n) is 21.7. The van der Waals surface area contributed by atoms with Crippen LogP contribution in [0.2, 0.25) is 0 Å². The molecule has 7 nitrogen and oxygen atoms in total. The molecular weight excluding hydrogens is 492 g/mol. The minimum atomic E-state index is -0.411. The Balaban J connectivity index is 1.15. The summed E-state index contributed by atoms with van der Waals surface area (Å²) in [5.74, 6) is 0.468. The molecule has 0 spiro atoms. The molecule has 2 aromatic carbocycles. The maximum absolute atomic E-state index is 13.3. The third-order valence-corrected chi connectivity index (χ3v) is 8.49. The van der Waals surface area contributed by atoms with Gasteiger partial charge in [0.25, 0.3) is 5.56 Å². The van der Waals surface area contributed by atoms with Gasteiger partial charge in [0.15, 0.2) is 0 Å². The summed E-state index contributed by atoms with van der Waals surface area (Å²) in [6.45, 7) is 3.82. The number of amides is 1. The van der Waals surface area contributed by atoms with Crippen molar-refractivity contribution in [2.24, 2.45) is 5.92 Å². The van der Waals surface area contributed by atoms with Crippen LogP contribution in [0.4, 0.5) is 0 Å². The fraction of sp³-hybridized carbons (Fsp3) is 0.281. The van der Waals surface area contributed by atoms with E-state index >= 15 is 0 Å². The monoisotopic (exact) mass is 520 g/mol. The number of nitrogens with zero attached hydrogens (tertiary/aromatic N) is 2. The van der Waals surface area contributed by atoms with Crippen LogP contribution in [0.5, 0.6) is 0 Å². The van der Waals surface area contributed by atoms with Gasteiger partial charge in [-0.05, 0) is 48.9 Å². The lowest BCUT2D eigenvalue weighted by Crippen LogP contribution is -2.49. The first-order valence-corrected chi connectivity index (χ1v) is 13.5. The van der Waals surface area contributed by atoms with E-state index in [1.807, 2.05) is 58.9 Å². The number of aryl methyl sites for hydroxylation is 1. The summed E-state index contributed by atoms with van der Waals surface area (Å²) < 4.78 is 13.4. The Labute approximate surface area is 224 Å². The van der Waals surface area contributed by atoms with Crippen molar-refractivity contribution in [2.75, 3.05) is 13.1 Å². The number of piperidine rings is 1. The van der Waals surface area contributed by atoms with Gasteiger partial charge in [-0.15, -0.1) is 0 Å². The molecule has 2 aliphatic heterocycles. The molecule has 0 saturated carbocycles. The van der Waals surface area contributed by atoms with Crippen LogP contribution < -0.4 is 11.2 Å². The Morgan fingerprint density at radius 1 is 0.949 bits per heavy atom. The van der Waals surface area contributed by atoms with Crippen molar-refractivity contribution in [2.45, 2.75) is 38.6 Å². The molecule has 2 aliphatic rings. The average molecular weight is 521 g/mol. The van der Waals surface area contributed by atoms with E-state index in [9.17, 15) is 14.4 Å². The summed E-state index contributed by atoms with van der Waals surface area (Å²) in [5, 5.41) is 1.80. The second kappa shape index (κ2) is 9.12. The molecule has 7 rings (SSSR count). The highest BCUT2D eigenvalue weighted by molar-refractivity contribution is 6.02. The van der Waals surface area contributed by atoms with E-state index in [1.54, 1.807) is 24.5 Å². The highest BCUT2D eigenvalue weighted by atomic mass is 16.4. The molecule has 2 atom stereocenters. The standard InChI is InChI=1S/C32H28N2O5/c1-19-23(10-11-30(35)33-15-20-12-22(17-33)27-8-5-9-31(36)34(27)16-20)32(37)39-29-14-28-25(13-24(19)29)26(18-38-28)21-6-3-2-4-7-21/h2-9,13-14,18,20,22H,10-12,15-17H2,1H3/t20-,22+/m1/s1. The number of pyridine rings is 1. The molecule has 39 heavy (non-hydrogen) atoms. The lowest BCUT2D eigenvalue weighted by molar-refractivity contribution is -0.133. The first-order valence-electron chi connectivity index (χ1n) is 13.5. The van der Waals surface area contributed by atoms with Crippen molar-refractivity contribution in [3.8, 4) is 11.1 Å². The van der Waals surface area contributed by atoms with Crippen LogP contribution in [0.25, 0.3) is 33.1 Å². The van der Waals surface area contributed by atoms with E-state index in [1.165, 1.54) is 0 Å². The number of benzene rings is 2. The van der Waals surface area contributed by atoms with Crippen molar-refractivity contribution in [1.82, 2.24) is 9.47 Å². The number of rotatable bonds is 4. The number of hydrogen-bond acceptors (Lipinski definition) is 5. The molecule has 0 radical (unpaired) electrons. The van der Waals surface area contributed by atoms with E-state index < -0.39 is 5.63 Å². The number of carbonyl (C=O) groups excluding carboxylic acids is 1. The molecule has 0 N–H and O–H groups in total. The molecule has 0 unspecified atom stereocenters. The van der Waals surface area contributed by atoms with Gasteiger partial charge in [0, 0.05) is 71.7 Å². The molecule has 1 amide bonds. The number of carbonyl (C=O) groups is 1. The summed E-state index contributed by atoms with van der Waals surface area (Å²) in [6.07, 6.45) is 3.28. The first-order chi connectivity index (χ1) is 19.0. The van der Waals surface area contributed by atoms with Gasteiger partial charge >= 0.3 is 5.63 Å². The first kappa shape index (κ1) is 23.7. The van der Waals surface area contributed by atoms with Gasteiger partial charge in [0.2, 0.25) is 5.91 Å². The van der Waals surface area contributed by atoms with Crippen molar-refractivity contribution in [3.63, 3.8) is 0 Å². The third kappa shape index (κ3) is 4.00. The van der Waals surface area contributed by atoms with Crippen LogP contribution in [-0.2, 0) is 17.8 Å². The summed E-state index contributed by atoms with van der Waals surface area (Å²) in [5.41, 5.74) is 5.18. The third-order valence-electron chi connectivity index (χ3n) is 8.49. The summed E-state index contributed by atoms with van der Waals surface area (Å²) in [7, 11) is 0. The Bertz CT molecular complexity index is 1860. The molecule has 7 heteroatoms. The van der Waals surface area contributed by atoms with Crippen LogP contribution in [0.15, 0.2) is 85.4 Å². The number of furan rings is 1. The van der Waals surface area contributed by atoms with Gasteiger partial charge in [-0.25, -0.2) is 4.79 Å². The fourth-order valence-corrected chi connectivity index (χ4v) is 6.53. The zero-order chi connectivity index (χ0) is 26.7. The number of hydrogen-bond donors (Lipinski definition) is 0. The van der Waals surface area contributed by atoms with Gasteiger partial charge in [0.05, 0.1) is 6.26 Å². The molecule has 5 heterocycles. The van der Waals surface area contributed by atoms with Gasteiger partial charge in [-0.3, -0.25) is 9.59 Å². The van der Waals surface area contributed by atoms with E-state index in [4.69, 9.17) is 8.83 Å². The number of fused-ring (bicyclic) bond motifs is 6. The quantitative estimate of drug-likeness (QED) is 0.302. The topological polar surface area (TPSA) is 85.7 Å². The second-order valence-electron chi connectivity index (χ2n) is 10.8. The lowest BCUT2D eigenvalue weighted by Gasteiger charge is -2.42.